The Morgan fingerprint density at radius 2 is 1.87 bits per heavy atom. The molecule has 0 saturated heterocycles. The molecule has 9 heteroatoms. The number of carbonyl (C=O) groups is 1. The standard InChI is InChI=1S/C30H34N6O3/c1-4-39-28-18-25-24(17-26(28)34-29(37)14-10-16-36(2)3)30(33-21-32-25)35-27(22-11-6-5-7-12-22)20-38-19-23-13-8-9-15-31-23/h5-15,17-18,21,27H,4,16,19-20H2,1-3H3,(H,34,37)(H,32,33,35)/t27-/m1/s1. The third kappa shape index (κ3) is 8.07. The molecule has 0 radical (unpaired) electrons. The minimum Gasteiger partial charge on any atom is -0.492 e. The Bertz CT molecular complexity index is 1380. The van der Waals surface area contributed by atoms with E-state index >= 15 is 0 Å². The normalized spacial score (nSPS) is 12.1. The van der Waals surface area contributed by atoms with Gasteiger partial charge in [-0.15, -0.1) is 0 Å². The number of pyridine rings is 1. The summed E-state index contributed by atoms with van der Waals surface area (Å²) in [5, 5.41) is 7.22. The third-order valence-electron chi connectivity index (χ3n) is 5.81. The van der Waals surface area contributed by atoms with Crippen LogP contribution in [0.2, 0.25) is 0 Å². The van der Waals surface area contributed by atoms with Crippen LogP contribution in [0.25, 0.3) is 10.9 Å². The molecule has 2 N–H and O–H groups in total. The van der Waals surface area contributed by atoms with Crippen molar-refractivity contribution in [3.63, 3.8) is 0 Å². The van der Waals surface area contributed by atoms with Crippen LogP contribution >= 0.6 is 0 Å². The lowest BCUT2D eigenvalue weighted by Crippen LogP contribution is -2.18. The van der Waals surface area contributed by atoms with Gasteiger partial charge in [0.15, 0.2) is 0 Å². The number of aromatic nitrogens is 3. The molecule has 0 aliphatic heterocycles. The number of hydrogen-bond acceptors (Lipinski definition) is 8. The fourth-order valence-electron chi connectivity index (χ4n) is 3.95. The molecule has 0 aliphatic carbocycles. The SMILES string of the molecule is CCOc1cc2ncnc(N[C@H](COCc3ccccn3)c3ccccc3)c2cc1NC(=O)C=CCN(C)C. The first-order chi connectivity index (χ1) is 19.0. The first kappa shape index (κ1) is 27.7. The number of benzene rings is 2. The van der Waals surface area contributed by atoms with Crippen LogP contribution in [-0.2, 0) is 16.1 Å². The smallest absolute Gasteiger partial charge is 0.248 e. The van der Waals surface area contributed by atoms with Crippen molar-refractivity contribution < 1.29 is 14.3 Å². The van der Waals surface area contributed by atoms with Gasteiger partial charge in [0.2, 0.25) is 5.91 Å². The highest BCUT2D eigenvalue weighted by Crippen LogP contribution is 2.33. The second kappa shape index (κ2) is 14.0. The van der Waals surface area contributed by atoms with Crippen molar-refractivity contribution >= 4 is 28.3 Å². The number of carbonyl (C=O) groups excluding carboxylic acids is 1. The molecule has 2 aromatic heterocycles. The second-order valence-corrected chi connectivity index (χ2v) is 9.12. The molecule has 2 heterocycles. The number of rotatable bonds is 13. The van der Waals surface area contributed by atoms with Crippen LogP contribution in [0.1, 0.15) is 24.2 Å². The molecule has 4 aromatic rings. The summed E-state index contributed by atoms with van der Waals surface area (Å²) < 4.78 is 11.9. The minimum atomic E-state index is -0.242. The predicted octanol–water partition coefficient (Wildman–Crippen LogP) is 4.85. The number of hydrogen-bond donors (Lipinski definition) is 2. The van der Waals surface area contributed by atoms with Crippen LogP contribution in [0.15, 0.2) is 85.3 Å². The van der Waals surface area contributed by atoms with Gasteiger partial charge in [0.25, 0.3) is 0 Å². The van der Waals surface area contributed by atoms with Crippen molar-refractivity contribution in [1.29, 1.82) is 0 Å². The van der Waals surface area contributed by atoms with E-state index < -0.39 is 0 Å². The molecular formula is C30H34N6O3. The lowest BCUT2D eigenvalue weighted by Gasteiger charge is -2.21. The molecule has 0 spiro atoms. The van der Waals surface area contributed by atoms with Crippen LogP contribution in [0, 0.1) is 0 Å². The van der Waals surface area contributed by atoms with E-state index in [0.717, 1.165) is 16.6 Å². The number of likely N-dealkylation sites (N-methyl/N-ethyl adjacent to an activating group) is 1. The van der Waals surface area contributed by atoms with Crippen molar-refractivity contribution in [1.82, 2.24) is 19.9 Å². The van der Waals surface area contributed by atoms with E-state index in [-0.39, 0.29) is 11.9 Å². The van der Waals surface area contributed by atoms with Crippen molar-refractivity contribution in [3.05, 3.63) is 96.6 Å². The zero-order chi connectivity index (χ0) is 27.5. The van der Waals surface area contributed by atoms with Gasteiger partial charge in [-0.1, -0.05) is 42.5 Å². The lowest BCUT2D eigenvalue weighted by molar-refractivity contribution is -0.111. The molecule has 4 rings (SSSR count). The van der Waals surface area contributed by atoms with E-state index in [1.165, 1.54) is 12.4 Å². The van der Waals surface area contributed by atoms with E-state index in [1.54, 1.807) is 6.20 Å². The number of nitrogens with zero attached hydrogens (tertiary/aromatic N) is 4. The Balaban J connectivity index is 1.61. The van der Waals surface area contributed by atoms with Gasteiger partial charge in [-0.2, -0.15) is 0 Å². The van der Waals surface area contributed by atoms with Gasteiger partial charge >= 0.3 is 0 Å². The maximum Gasteiger partial charge on any atom is 0.248 e. The molecule has 0 bridgehead atoms. The fourth-order valence-corrected chi connectivity index (χ4v) is 3.95. The Labute approximate surface area is 228 Å². The Morgan fingerprint density at radius 3 is 2.62 bits per heavy atom. The Hall–Kier alpha value is -4.34. The lowest BCUT2D eigenvalue weighted by atomic mass is 10.1. The fraction of sp³-hybridized carbons (Fsp3) is 0.267. The predicted molar refractivity (Wildman–Crippen MR) is 154 cm³/mol. The van der Waals surface area contributed by atoms with Crippen molar-refractivity contribution in [3.8, 4) is 5.75 Å². The van der Waals surface area contributed by atoms with Crippen LogP contribution in [0.4, 0.5) is 11.5 Å². The van der Waals surface area contributed by atoms with Crippen molar-refractivity contribution in [2.75, 3.05) is 44.5 Å². The van der Waals surface area contributed by atoms with Crippen LogP contribution in [-0.4, -0.2) is 59.6 Å². The van der Waals surface area contributed by atoms with Gasteiger partial charge in [-0.05, 0) is 44.8 Å². The first-order valence-electron chi connectivity index (χ1n) is 12.9. The number of amides is 1. The highest BCUT2D eigenvalue weighted by Gasteiger charge is 2.17. The Kier molecular flexibility index (Phi) is 9.93. The number of nitrogens with one attached hydrogen (secondary N) is 2. The summed E-state index contributed by atoms with van der Waals surface area (Å²) in [7, 11) is 3.89. The molecule has 0 unspecified atom stereocenters. The molecule has 202 valence electrons. The molecule has 0 fully saturated rings. The van der Waals surface area contributed by atoms with Crippen molar-refractivity contribution in [2.24, 2.45) is 0 Å². The molecular weight excluding hydrogens is 492 g/mol. The van der Waals surface area contributed by atoms with Gasteiger partial charge in [-0.3, -0.25) is 9.78 Å². The van der Waals surface area contributed by atoms with Crippen LogP contribution < -0.4 is 15.4 Å². The number of fused-ring (bicyclic) bond motifs is 1. The summed E-state index contributed by atoms with van der Waals surface area (Å²) in [4.78, 5) is 27.9. The maximum absolute atomic E-state index is 12.6. The molecule has 0 saturated carbocycles. The second-order valence-electron chi connectivity index (χ2n) is 9.12. The molecule has 39 heavy (non-hydrogen) atoms. The quantitative estimate of drug-likeness (QED) is 0.239. The van der Waals surface area contributed by atoms with Crippen molar-refractivity contribution in [2.45, 2.75) is 19.6 Å². The highest BCUT2D eigenvalue weighted by atomic mass is 16.5. The monoisotopic (exact) mass is 526 g/mol. The first-order valence-corrected chi connectivity index (χ1v) is 12.9. The van der Waals surface area contributed by atoms with Gasteiger partial charge in [0.1, 0.15) is 17.9 Å². The van der Waals surface area contributed by atoms with Crippen LogP contribution in [0.5, 0.6) is 5.75 Å². The molecule has 2 aromatic carbocycles. The van der Waals surface area contributed by atoms with E-state index in [1.807, 2.05) is 92.7 Å². The van der Waals surface area contributed by atoms with Gasteiger partial charge in [0, 0.05) is 30.3 Å². The molecule has 0 aliphatic rings. The van der Waals surface area contributed by atoms with Gasteiger partial charge in [-0.25, -0.2) is 9.97 Å². The van der Waals surface area contributed by atoms with E-state index in [4.69, 9.17) is 9.47 Å². The van der Waals surface area contributed by atoms with E-state index in [9.17, 15) is 4.79 Å². The largest absolute Gasteiger partial charge is 0.492 e. The highest BCUT2D eigenvalue weighted by molar-refractivity contribution is 6.03. The molecule has 9 nitrogen and oxygen atoms in total. The summed E-state index contributed by atoms with van der Waals surface area (Å²) in [5.74, 6) is 0.924. The summed E-state index contributed by atoms with van der Waals surface area (Å²) >= 11 is 0. The average molecular weight is 527 g/mol. The van der Waals surface area contributed by atoms with Crippen LogP contribution in [0.3, 0.4) is 0 Å². The van der Waals surface area contributed by atoms with Gasteiger partial charge < -0.3 is 25.0 Å². The summed E-state index contributed by atoms with van der Waals surface area (Å²) in [5.41, 5.74) is 3.15. The Morgan fingerprint density at radius 1 is 1.05 bits per heavy atom. The van der Waals surface area contributed by atoms with Gasteiger partial charge in [0.05, 0.1) is 42.8 Å². The zero-order valence-electron chi connectivity index (χ0n) is 22.5. The van der Waals surface area contributed by atoms with E-state index in [0.29, 0.717) is 49.1 Å². The molecule has 1 atom stereocenters. The number of ether oxygens (including phenoxy) is 2. The summed E-state index contributed by atoms with van der Waals surface area (Å²) in [6.07, 6.45) is 6.59. The zero-order valence-corrected chi connectivity index (χ0v) is 22.5. The molecule has 1 amide bonds. The summed E-state index contributed by atoms with van der Waals surface area (Å²) in [6, 6.07) is 19.3. The van der Waals surface area contributed by atoms with E-state index in [2.05, 4.69) is 25.6 Å². The third-order valence-corrected chi connectivity index (χ3v) is 5.81. The maximum atomic E-state index is 12.6. The number of anilines is 2. The minimum absolute atomic E-state index is 0.188. The topological polar surface area (TPSA) is 102 Å². The summed E-state index contributed by atoms with van der Waals surface area (Å²) in [6.45, 7) is 3.80. The average Bonchev–Trinajstić information content (AvgIpc) is 2.94.